The molecule has 0 fully saturated rings. The molecule has 0 aromatic heterocycles. The summed E-state index contributed by atoms with van der Waals surface area (Å²) in [7, 11) is 0. The van der Waals surface area contributed by atoms with Gasteiger partial charge in [0.1, 0.15) is 5.82 Å². The molecular weight excluding hydrogens is 297 g/mol. The minimum Gasteiger partial charge on any atom is -0.289 e. The average Bonchev–Trinajstić information content (AvgIpc) is 2.25. The van der Waals surface area contributed by atoms with Crippen LogP contribution in [-0.4, -0.2) is 5.78 Å². The zero-order valence-corrected chi connectivity index (χ0v) is 11.2. The highest BCUT2D eigenvalue weighted by molar-refractivity contribution is 6.35. The van der Waals surface area contributed by atoms with E-state index in [0.29, 0.717) is 10.0 Å². The molecule has 0 atom stereocenters. The summed E-state index contributed by atoms with van der Waals surface area (Å²) in [6.07, 6.45) is 0. The second kappa shape index (κ2) is 5.27. The van der Waals surface area contributed by atoms with Crippen molar-refractivity contribution < 1.29 is 9.18 Å². The molecule has 0 amide bonds. The van der Waals surface area contributed by atoms with Crippen molar-refractivity contribution in [3.63, 3.8) is 0 Å². The second-order valence-corrected chi connectivity index (χ2v) is 4.95. The lowest BCUT2D eigenvalue weighted by atomic mass is 10.0. The van der Waals surface area contributed by atoms with Gasteiger partial charge < -0.3 is 0 Å². The quantitative estimate of drug-likeness (QED) is 0.712. The van der Waals surface area contributed by atoms with E-state index in [2.05, 4.69) is 0 Å². The molecule has 92 valence electrons. The number of benzene rings is 2. The summed E-state index contributed by atoms with van der Waals surface area (Å²) in [5.41, 5.74) is 0.438. The lowest BCUT2D eigenvalue weighted by Crippen LogP contribution is -2.02. The molecule has 0 bridgehead atoms. The van der Waals surface area contributed by atoms with Gasteiger partial charge in [0.25, 0.3) is 0 Å². The number of rotatable bonds is 2. The van der Waals surface area contributed by atoms with Crippen LogP contribution in [0.25, 0.3) is 0 Å². The van der Waals surface area contributed by atoms with Crippen LogP contribution in [0.1, 0.15) is 15.9 Å². The van der Waals surface area contributed by atoms with Gasteiger partial charge in [-0.05, 0) is 36.4 Å². The van der Waals surface area contributed by atoms with Crippen LogP contribution in [0, 0.1) is 5.82 Å². The summed E-state index contributed by atoms with van der Waals surface area (Å²) in [6.45, 7) is 0. The van der Waals surface area contributed by atoms with Gasteiger partial charge in [-0.3, -0.25) is 4.79 Å². The van der Waals surface area contributed by atoms with Crippen LogP contribution in [0.5, 0.6) is 0 Å². The van der Waals surface area contributed by atoms with E-state index in [-0.39, 0.29) is 21.9 Å². The third-order valence-electron chi connectivity index (χ3n) is 2.25. The monoisotopic (exact) mass is 302 g/mol. The molecule has 0 saturated heterocycles. The zero-order valence-electron chi connectivity index (χ0n) is 8.88. The van der Waals surface area contributed by atoms with Crippen molar-refractivity contribution in [2.45, 2.75) is 0 Å². The first-order valence-corrected chi connectivity index (χ1v) is 6.06. The van der Waals surface area contributed by atoms with Gasteiger partial charge in [0, 0.05) is 26.2 Å². The summed E-state index contributed by atoms with van der Waals surface area (Å²) in [5.74, 6) is -0.959. The highest BCUT2D eigenvalue weighted by atomic mass is 35.5. The highest BCUT2D eigenvalue weighted by Crippen LogP contribution is 2.23. The molecule has 0 aliphatic heterocycles. The number of ketones is 1. The topological polar surface area (TPSA) is 17.1 Å². The summed E-state index contributed by atoms with van der Waals surface area (Å²) in [6, 6.07) is 8.08. The number of carbonyl (C=O) groups is 1. The molecule has 0 aliphatic rings. The fraction of sp³-hybridized carbons (Fsp3) is 0. The van der Waals surface area contributed by atoms with Gasteiger partial charge in [0.15, 0.2) is 5.78 Å². The molecule has 1 nitrogen and oxygen atoms in total. The molecule has 2 rings (SSSR count). The summed E-state index contributed by atoms with van der Waals surface area (Å²) in [4.78, 5) is 12.1. The summed E-state index contributed by atoms with van der Waals surface area (Å²) < 4.78 is 13.2. The van der Waals surface area contributed by atoms with Gasteiger partial charge in [-0.15, -0.1) is 0 Å². The Hall–Kier alpha value is -1.09. The predicted octanol–water partition coefficient (Wildman–Crippen LogP) is 5.02. The summed E-state index contributed by atoms with van der Waals surface area (Å²) >= 11 is 17.3. The van der Waals surface area contributed by atoms with E-state index in [0.717, 1.165) is 12.1 Å². The third kappa shape index (κ3) is 3.02. The molecule has 0 saturated carbocycles. The van der Waals surface area contributed by atoms with Crippen molar-refractivity contribution in [2.75, 3.05) is 0 Å². The van der Waals surface area contributed by atoms with E-state index in [9.17, 15) is 9.18 Å². The maximum absolute atomic E-state index is 13.2. The van der Waals surface area contributed by atoms with Gasteiger partial charge in [-0.25, -0.2) is 4.39 Å². The molecule has 0 N–H and O–H groups in total. The van der Waals surface area contributed by atoms with Gasteiger partial charge in [0.2, 0.25) is 0 Å². The Morgan fingerprint density at radius 1 is 0.778 bits per heavy atom. The number of hydrogen-bond acceptors (Lipinski definition) is 1. The highest BCUT2D eigenvalue weighted by Gasteiger charge is 2.12. The Labute approximate surface area is 118 Å². The Morgan fingerprint density at radius 3 is 1.72 bits per heavy atom. The smallest absolute Gasteiger partial charge is 0.193 e. The van der Waals surface area contributed by atoms with Gasteiger partial charge in [-0.2, -0.15) is 0 Å². The van der Waals surface area contributed by atoms with Crippen LogP contribution in [0.15, 0.2) is 36.4 Å². The second-order valence-electron chi connectivity index (χ2n) is 3.65. The number of hydrogen-bond donors (Lipinski definition) is 0. The van der Waals surface area contributed by atoms with E-state index in [1.165, 1.54) is 24.3 Å². The summed E-state index contributed by atoms with van der Waals surface area (Å²) in [5, 5.41) is 0.841. The van der Waals surface area contributed by atoms with Crippen molar-refractivity contribution in [3.05, 3.63) is 68.4 Å². The lowest BCUT2D eigenvalue weighted by molar-refractivity contribution is 0.103. The van der Waals surface area contributed by atoms with E-state index in [4.69, 9.17) is 34.8 Å². The minimum absolute atomic E-state index is 0.151. The Morgan fingerprint density at radius 2 is 1.22 bits per heavy atom. The standard InChI is InChI=1S/C13H6Cl3FO/c14-9-1-7(2-10(15)5-9)13(18)8-3-11(16)6-12(17)4-8/h1-6H. The molecule has 0 radical (unpaired) electrons. The fourth-order valence-electron chi connectivity index (χ4n) is 1.54. The molecule has 5 heteroatoms. The van der Waals surface area contributed by atoms with Crippen molar-refractivity contribution in [1.29, 1.82) is 0 Å². The maximum atomic E-state index is 13.2. The molecule has 0 aliphatic carbocycles. The number of carbonyl (C=O) groups excluding carboxylic acids is 1. The van der Waals surface area contributed by atoms with Crippen molar-refractivity contribution >= 4 is 40.6 Å². The third-order valence-corrected chi connectivity index (χ3v) is 2.90. The predicted molar refractivity (Wildman–Crippen MR) is 71.3 cm³/mol. The van der Waals surface area contributed by atoms with Crippen LogP contribution in [0.4, 0.5) is 4.39 Å². The van der Waals surface area contributed by atoms with Crippen molar-refractivity contribution in [3.8, 4) is 0 Å². The normalized spacial score (nSPS) is 10.4. The van der Waals surface area contributed by atoms with Crippen LogP contribution in [-0.2, 0) is 0 Å². The average molecular weight is 304 g/mol. The van der Waals surface area contributed by atoms with E-state index in [1.807, 2.05) is 0 Å². The largest absolute Gasteiger partial charge is 0.289 e. The maximum Gasteiger partial charge on any atom is 0.193 e. The van der Waals surface area contributed by atoms with Crippen molar-refractivity contribution in [1.82, 2.24) is 0 Å². The SMILES string of the molecule is O=C(c1cc(F)cc(Cl)c1)c1cc(Cl)cc(Cl)c1. The Bertz CT molecular complexity index is 532. The van der Waals surface area contributed by atoms with E-state index >= 15 is 0 Å². The Balaban J connectivity index is 2.47. The van der Waals surface area contributed by atoms with Crippen LogP contribution >= 0.6 is 34.8 Å². The minimum atomic E-state index is -0.570. The van der Waals surface area contributed by atoms with E-state index in [1.54, 1.807) is 0 Å². The van der Waals surface area contributed by atoms with E-state index < -0.39 is 5.82 Å². The van der Waals surface area contributed by atoms with Crippen molar-refractivity contribution in [2.24, 2.45) is 0 Å². The molecule has 0 unspecified atom stereocenters. The molecule has 18 heavy (non-hydrogen) atoms. The number of halogens is 4. The Kier molecular flexibility index (Phi) is 3.91. The van der Waals surface area contributed by atoms with Crippen LogP contribution < -0.4 is 0 Å². The van der Waals surface area contributed by atoms with Gasteiger partial charge in [-0.1, -0.05) is 34.8 Å². The molecular formula is C13H6Cl3FO. The van der Waals surface area contributed by atoms with Gasteiger partial charge >= 0.3 is 0 Å². The first kappa shape index (κ1) is 13.3. The molecule has 2 aromatic carbocycles. The molecule has 0 heterocycles. The van der Waals surface area contributed by atoms with Crippen LogP contribution in [0.2, 0.25) is 15.1 Å². The van der Waals surface area contributed by atoms with Gasteiger partial charge in [0.05, 0.1) is 0 Å². The molecule has 0 spiro atoms. The lowest BCUT2D eigenvalue weighted by Gasteiger charge is -2.04. The molecule has 2 aromatic rings. The zero-order chi connectivity index (χ0) is 13.3. The fourth-order valence-corrected chi connectivity index (χ4v) is 2.28. The first-order valence-electron chi connectivity index (χ1n) is 4.92. The first-order chi connectivity index (χ1) is 8.45. The van der Waals surface area contributed by atoms with Crippen LogP contribution in [0.3, 0.4) is 0 Å².